The third-order valence-corrected chi connectivity index (χ3v) is 2.32. The Balaban J connectivity index is 4.88. The van der Waals surface area contributed by atoms with E-state index in [9.17, 15) is 14.4 Å². The minimum atomic E-state index is -1.91. The van der Waals surface area contributed by atoms with Crippen LogP contribution in [-0.4, -0.2) is 44.9 Å². The first-order chi connectivity index (χ1) is 7.25. The monoisotopic (exact) mass is 233 g/mol. The van der Waals surface area contributed by atoms with Gasteiger partial charge in [0.1, 0.15) is 5.41 Å². The number of carbonyl (C=O) groups excluding carboxylic acids is 1. The smallest absolute Gasteiger partial charge is 0.319 e. The number of carboxylic acid groups (broad SMARTS) is 2. The molecule has 0 aromatic rings. The van der Waals surface area contributed by atoms with Crippen molar-refractivity contribution in [1.82, 2.24) is 5.06 Å². The molecule has 0 aromatic carbocycles. The van der Waals surface area contributed by atoms with Gasteiger partial charge in [-0.3, -0.25) is 19.6 Å². The van der Waals surface area contributed by atoms with Crippen LogP contribution in [0.1, 0.15) is 26.7 Å². The molecular weight excluding hydrogens is 218 g/mol. The standard InChI is InChI=1S/C9H15NO6/c1-3-10(16)7(13)9(2,8(14)15)5-4-6(11)12/h16H,3-5H2,1-2H3,(H,11,12)(H,14,15). The van der Waals surface area contributed by atoms with E-state index < -0.39 is 29.7 Å². The highest BCUT2D eigenvalue weighted by atomic mass is 16.5. The topological polar surface area (TPSA) is 115 Å². The fraction of sp³-hybridized carbons (Fsp3) is 0.667. The van der Waals surface area contributed by atoms with Gasteiger partial charge in [-0.25, -0.2) is 5.06 Å². The largest absolute Gasteiger partial charge is 0.481 e. The molecule has 0 aliphatic carbocycles. The molecule has 92 valence electrons. The average Bonchev–Trinajstić information content (AvgIpc) is 2.23. The summed E-state index contributed by atoms with van der Waals surface area (Å²) in [5.74, 6) is -3.66. The van der Waals surface area contributed by atoms with Crippen LogP contribution in [0.2, 0.25) is 0 Å². The van der Waals surface area contributed by atoms with Gasteiger partial charge in [-0.05, 0) is 20.3 Å². The van der Waals surface area contributed by atoms with Gasteiger partial charge in [0.2, 0.25) is 0 Å². The van der Waals surface area contributed by atoms with E-state index in [4.69, 9.17) is 15.4 Å². The van der Waals surface area contributed by atoms with E-state index in [1.54, 1.807) is 0 Å². The Hall–Kier alpha value is -1.63. The quantitative estimate of drug-likeness (QED) is 0.342. The lowest BCUT2D eigenvalue weighted by Gasteiger charge is -2.26. The van der Waals surface area contributed by atoms with E-state index in [0.29, 0.717) is 0 Å². The lowest BCUT2D eigenvalue weighted by Crippen LogP contribution is -2.45. The molecule has 0 spiro atoms. The Morgan fingerprint density at radius 3 is 2.06 bits per heavy atom. The van der Waals surface area contributed by atoms with Crippen LogP contribution < -0.4 is 0 Å². The van der Waals surface area contributed by atoms with Gasteiger partial charge in [-0.1, -0.05) is 0 Å². The highest BCUT2D eigenvalue weighted by Gasteiger charge is 2.43. The second-order valence-electron chi connectivity index (χ2n) is 3.55. The molecule has 0 heterocycles. The maximum absolute atomic E-state index is 11.6. The van der Waals surface area contributed by atoms with Gasteiger partial charge in [0.15, 0.2) is 0 Å². The Morgan fingerprint density at radius 2 is 1.75 bits per heavy atom. The van der Waals surface area contributed by atoms with Gasteiger partial charge in [0, 0.05) is 13.0 Å². The molecule has 0 aliphatic rings. The molecule has 16 heavy (non-hydrogen) atoms. The van der Waals surface area contributed by atoms with E-state index in [-0.39, 0.29) is 18.0 Å². The summed E-state index contributed by atoms with van der Waals surface area (Å²) in [5, 5.41) is 26.8. The molecule has 0 aliphatic heterocycles. The van der Waals surface area contributed by atoms with Crippen molar-refractivity contribution in [2.24, 2.45) is 5.41 Å². The van der Waals surface area contributed by atoms with Crippen molar-refractivity contribution in [1.29, 1.82) is 0 Å². The Bertz CT molecular complexity index is 302. The predicted molar refractivity (Wildman–Crippen MR) is 51.8 cm³/mol. The van der Waals surface area contributed by atoms with Crippen molar-refractivity contribution < 1.29 is 29.8 Å². The van der Waals surface area contributed by atoms with E-state index in [0.717, 1.165) is 6.92 Å². The molecule has 0 rings (SSSR count). The molecule has 0 aromatic heterocycles. The van der Waals surface area contributed by atoms with Crippen LogP contribution in [0.25, 0.3) is 0 Å². The Kier molecular flexibility index (Phi) is 4.90. The Labute approximate surface area is 92.2 Å². The van der Waals surface area contributed by atoms with Crippen LogP contribution in [-0.2, 0) is 14.4 Å². The molecule has 1 unspecified atom stereocenters. The molecular formula is C9H15NO6. The molecule has 0 saturated heterocycles. The number of rotatable bonds is 6. The van der Waals surface area contributed by atoms with Crippen molar-refractivity contribution in [3.8, 4) is 0 Å². The second-order valence-corrected chi connectivity index (χ2v) is 3.55. The number of carboxylic acids is 2. The molecule has 7 heteroatoms. The first-order valence-electron chi connectivity index (χ1n) is 4.71. The molecule has 1 amide bonds. The van der Waals surface area contributed by atoms with Crippen molar-refractivity contribution in [2.45, 2.75) is 26.7 Å². The van der Waals surface area contributed by atoms with Crippen LogP contribution >= 0.6 is 0 Å². The molecule has 0 radical (unpaired) electrons. The summed E-state index contributed by atoms with van der Waals surface area (Å²) in [6.45, 7) is 2.51. The summed E-state index contributed by atoms with van der Waals surface area (Å²) >= 11 is 0. The third-order valence-electron chi connectivity index (χ3n) is 2.32. The summed E-state index contributed by atoms with van der Waals surface area (Å²) < 4.78 is 0. The van der Waals surface area contributed by atoms with E-state index in [1.165, 1.54) is 6.92 Å². The molecule has 0 saturated carbocycles. The van der Waals surface area contributed by atoms with Gasteiger partial charge < -0.3 is 10.2 Å². The fourth-order valence-corrected chi connectivity index (χ4v) is 1.09. The molecule has 0 bridgehead atoms. The van der Waals surface area contributed by atoms with Crippen LogP contribution in [0.5, 0.6) is 0 Å². The number of hydrogen-bond acceptors (Lipinski definition) is 4. The van der Waals surface area contributed by atoms with Crippen molar-refractivity contribution in [3.63, 3.8) is 0 Å². The number of carbonyl (C=O) groups is 3. The van der Waals surface area contributed by atoms with Crippen molar-refractivity contribution in [2.75, 3.05) is 6.54 Å². The zero-order valence-electron chi connectivity index (χ0n) is 9.13. The predicted octanol–water partition coefficient (Wildman–Crippen LogP) is 0.180. The zero-order chi connectivity index (χ0) is 12.9. The van der Waals surface area contributed by atoms with Gasteiger partial charge in [0.05, 0.1) is 0 Å². The number of hydroxylamine groups is 2. The maximum Gasteiger partial charge on any atom is 0.319 e. The normalized spacial score (nSPS) is 13.9. The first-order valence-corrected chi connectivity index (χ1v) is 4.71. The van der Waals surface area contributed by atoms with E-state index >= 15 is 0 Å². The number of aliphatic carboxylic acids is 2. The van der Waals surface area contributed by atoms with Crippen molar-refractivity contribution in [3.05, 3.63) is 0 Å². The zero-order valence-corrected chi connectivity index (χ0v) is 9.13. The first kappa shape index (κ1) is 14.4. The van der Waals surface area contributed by atoms with Crippen LogP contribution in [0.15, 0.2) is 0 Å². The van der Waals surface area contributed by atoms with Gasteiger partial charge in [0.25, 0.3) is 5.91 Å². The van der Waals surface area contributed by atoms with Gasteiger partial charge >= 0.3 is 11.9 Å². The number of hydrogen-bond donors (Lipinski definition) is 3. The fourth-order valence-electron chi connectivity index (χ4n) is 1.09. The van der Waals surface area contributed by atoms with Crippen LogP contribution in [0, 0.1) is 5.41 Å². The van der Waals surface area contributed by atoms with Crippen molar-refractivity contribution >= 4 is 17.8 Å². The highest BCUT2D eigenvalue weighted by molar-refractivity contribution is 6.01. The molecule has 3 N–H and O–H groups in total. The molecule has 0 fully saturated rings. The summed E-state index contributed by atoms with van der Waals surface area (Å²) in [7, 11) is 0. The lowest BCUT2D eigenvalue weighted by atomic mass is 9.84. The summed E-state index contributed by atoms with van der Waals surface area (Å²) in [6, 6.07) is 0. The lowest BCUT2D eigenvalue weighted by molar-refractivity contribution is -0.182. The number of nitrogens with zero attached hydrogens (tertiary/aromatic N) is 1. The summed E-state index contributed by atoms with van der Waals surface area (Å²) in [6.07, 6.45) is -0.820. The maximum atomic E-state index is 11.6. The second kappa shape index (κ2) is 5.45. The van der Waals surface area contributed by atoms with E-state index in [2.05, 4.69) is 0 Å². The molecule has 1 atom stereocenters. The van der Waals surface area contributed by atoms with Gasteiger partial charge in [-0.15, -0.1) is 0 Å². The summed E-state index contributed by atoms with van der Waals surface area (Å²) in [4.78, 5) is 32.8. The minimum absolute atomic E-state index is 0.0607. The minimum Gasteiger partial charge on any atom is -0.481 e. The van der Waals surface area contributed by atoms with Crippen LogP contribution in [0.4, 0.5) is 0 Å². The number of amides is 1. The summed E-state index contributed by atoms with van der Waals surface area (Å²) in [5.41, 5.74) is -1.91. The Morgan fingerprint density at radius 1 is 1.25 bits per heavy atom. The van der Waals surface area contributed by atoms with E-state index in [1.807, 2.05) is 0 Å². The third kappa shape index (κ3) is 3.20. The average molecular weight is 233 g/mol. The van der Waals surface area contributed by atoms with Crippen LogP contribution in [0.3, 0.4) is 0 Å². The highest BCUT2D eigenvalue weighted by Crippen LogP contribution is 2.26. The van der Waals surface area contributed by atoms with Gasteiger partial charge in [-0.2, -0.15) is 0 Å². The SMILES string of the molecule is CCN(O)C(=O)C(C)(CCC(=O)O)C(=O)O. The molecule has 7 nitrogen and oxygen atoms in total.